The highest BCUT2D eigenvalue weighted by Gasteiger charge is 2.23. The van der Waals surface area contributed by atoms with Crippen molar-refractivity contribution in [3.63, 3.8) is 0 Å². The van der Waals surface area contributed by atoms with E-state index in [1.807, 2.05) is 34.7 Å². The predicted molar refractivity (Wildman–Crippen MR) is 104 cm³/mol. The number of rotatable bonds is 3. The standard InChI is InChI=1S/C18H18BrN7O/c1-13-21-4-5-26(13)17-3-2-16(22-23-17)24-6-8-25(9-7-24)18(27)14-10-15(19)12-20-11-14/h2-5,10-12H,6-9H2,1H3. The molecule has 9 heteroatoms. The molecular formula is C18H18BrN7O. The lowest BCUT2D eigenvalue weighted by atomic mass is 10.2. The van der Waals surface area contributed by atoms with Crippen LogP contribution in [0, 0.1) is 6.92 Å². The first-order valence-corrected chi connectivity index (χ1v) is 9.40. The van der Waals surface area contributed by atoms with Crippen LogP contribution >= 0.6 is 15.9 Å². The average Bonchev–Trinajstić information content (AvgIpc) is 3.14. The van der Waals surface area contributed by atoms with E-state index in [1.54, 1.807) is 24.7 Å². The van der Waals surface area contributed by atoms with Crippen LogP contribution in [0.5, 0.6) is 0 Å². The summed E-state index contributed by atoms with van der Waals surface area (Å²) in [7, 11) is 0. The lowest BCUT2D eigenvalue weighted by Crippen LogP contribution is -2.49. The number of aromatic nitrogens is 5. The summed E-state index contributed by atoms with van der Waals surface area (Å²) in [6.07, 6.45) is 6.87. The fourth-order valence-electron chi connectivity index (χ4n) is 3.09. The first kappa shape index (κ1) is 17.6. The van der Waals surface area contributed by atoms with Crippen molar-refractivity contribution in [2.45, 2.75) is 6.92 Å². The van der Waals surface area contributed by atoms with Gasteiger partial charge in [-0.25, -0.2) is 4.98 Å². The molecule has 1 aliphatic rings. The number of hydrogen-bond acceptors (Lipinski definition) is 6. The molecule has 0 aliphatic carbocycles. The lowest BCUT2D eigenvalue weighted by molar-refractivity contribution is 0.0746. The third-order valence-electron chi connectivity index (χ3n) is 4.55. The van der Waals surface area contributed by atoms with E-state index in [9.17, 15) is 4.79 Å². The number of piperazine rings is 1. The van der Waals surface area contributed by atoms with Gasteiger partial charge in [0.2, 0.25) is 0 Å². The summed E-state index contributed by atoms with van der Waals surface area (Å²) >= 11 is 3.36. The zero-order valence-electron chi connectivity index (χ0n) is 14.8. The van der Waals surface area contributed by atoms with E-state index in [4.69, 9.17) is 0 Å². The molecule has 3 aromatic heterocycles. The second-order valence-corrected chi connectivity index (χ2v) is 7.18. The second kappa shape index (κ2) is 7.43. The van der Waals surface area contributed by atoms with Crippen molar-refractivity contribution in [2.75, 3.05) is 31.1 Å². The molecule has 0 bridgehead atoms. The van der Waals surface area contributed by atoms with Crippen molar-refractivity contribution in [2.24, 2.45) is 0 Å². The maximum absolute atomic E-state index is 12.6. The summed E-state index contributed by atoms with van der Waals surface area (Å²) in [6.45, 7) is 4.62. The number of hydrogen-bond donors (Lipinski definition) is 0. The maximum atomic E-state index is 12.6. The molecule has 3 aromatic rings. The molecule has 4 rings (SSSR count). The molecule has 138 valence electrons. The van der Waals surface area contributed by atoms with Crippen LogP contribution in [0.1, 0.15) is 16.2 Å². The van der Waals surface area contributed by atoms with Gasteiger partial charge in [0, 0.05) is 55.4 Å². The van der Waals surface area contributed by atoms with Crippen molar-refractivity contribution >= 4 is 27.7 Å². The smallest absolute Gasteiger partial charge is 0.255 e. The van der Waals surface area contributed by atoms with Crippen molar-refractivity contribution in [3.05, 3.63) is 58.8 Å². The molecule has 1 saturated heterocycles. The van der Waals surface area contributed by atoms with Gasteiger partial charge in [-0.15, -0.1) is 10.2 Å². The van der Waals surface area contributed by atoms with Gasteiger partial charge in [-0.3, -0.25) is 14.3 Å². The Hall–Kier alpha value is -2.81. The zero-order valence-corrected chi connectivity index (χ0v) is 16.4. The van der Waals surface area contributed by atoms with Gasteiger partial charge >= 0.3 is 0 Å². The SMILES string of the molecule is Cc1nccn1-c1ccc(N2CCN(C(=O)c3cncc(Br)c3)CC2)nn1. The fourth-order valence-corrected chi connectivity index (χ4v) is 3.45. The molecule has 1 amide bonds. The molecule has 8 nitrogen and oxygen atoms in total. The van der Waals surface area contributed by atoms with E-state index in [-0.39, 0.29) is 5.91 Å². The third-order valence-corrected chi connectivity index (χ3v) is 4.99. The average molecular weight is 428 g/mol. The number of amides is 1. The maximum Gasteiger partial charge on any atom is 0.255 e. The number of carbonyl (C=O) groups is 1. The lowest BCUT2D eigenvalue weighted by Gasteiger charge is -2.35. The quantitative estimate of drug-likeness (QED) is 0.636. The minimum Gasteiger partial charge on any atom is -0.352 e. The normalized spacial score (nSPS) is 14.4. The monoisotopic (exact) mass is 427 g/mol. The Kier molecular flexibility index (Phi) is 4.85. The van der Waals surface area contributed by atoms with Gasteiger partial charge in [-0.1, -0.05) is 0 Å². The molecule has 4 heterocycles. The van der Waals surface area contributed by atoms with Gasteiger partial charge in [0.05, 0.1) is 5.56 Å². The number of aryl methyl sites for hydroxylation is 1. The molecule has 0 unspecified atom stereocenters. The third kappa shape index (κ3) is 3.68. The molecule has 1 fully saturated rings. The van der Waals surface area contributed by atoms with Crippen molar-refractivity contribution in [1.82, 2.24) is 29.6 Å². The predicted octanol–water partition coefficient (Wildman–Crippen LogP) is 2.09. The van der Waals surface area contributed by atoms with E-state index in [2.05, 4.69) is 41.0 Å². The summed E-state index contributed by atoms with van der Waals surface area (Å²) in [5, 5.41) is 8.65. The first-order valence-electron chi connectivity index (χ1n) is 8.60. The van der Waals surface area contributed by atoms with E-state index >= 15 is 0 Å². The molecule has 0 N–H and O–H groups in total. The topological polar surface area (TPSA) is 80.0 Å². The van der Waals surface area contributed by atoms with Gasteiger partial charge in [0.25, 0.3) is 5.91 Å². The number of carbonyl (C=O) groups excluding carboxylic acids is 1. The van der Waals surface area contributed by atoms with Crippen LogP contribution in [0.3, 0.4) is 0 Å². The van der Waals surface area contributed by atoms with Gasteiger partial charge in [0.15, 0.2) is 11.6 Å². The van der Waals surface area contributed by atoms with E-state index in [0.717, 1.165) is 21.9 Å². The number of halogens is 1. The van der Waals surface area contributed by atoms with E-state index in [0.29, 0.717) is 31.7 Å². The molecule has 0 radical (unpaired) electrons. The van der Waals surface area contributed by atoms with Crippen molar-refractivity contribution in [3.8, 4) is 5.82 Å². The summed E-state index contributed by atoms with van der Waals surface area (Å²) in [4.78, 5) is 24.9. The number of nitrogens with zero attached hydrogens (tertiary/aromatic N) is 7. The van der Waals surface area contributed by atoms with Crippen molar-refractivity contribution in [1.29, 1.82) is 0 Å². The van der Waals surface area contributed by atoms with Gasteiger partial charge in [0.1, 0.15) is 5.82 Å². The number of pyridine rings is 1. The number of anilines is 1. The Morgan fingerprint density at radius 3 is 2.44 bits per heavy atom. The minimum atomic E-state index is 0.000431. The van der Waals surface area contributed by atoms with Gasteiger partial charge in [-0.2, -0.15) is 0 Å². The van der Waals surface area contributed by atoms with E-state index in [1.165, 1.54) is 0 Å². The molecule has 0 atom stereocenters. The Balaban J connectivity index is 1.40. The minimum absolute atomic E-state index is 0.000431. The fraction of sp³-hybridized carbons (Fsp3) is 0.278. The molecule has 0 saturated carbocycles. The summed E-state index contributed by atoms with van der Waals surface area (Å²) in [5.41, 5.74) is 0.595. The Labute approximate surface area is 165 Å². The van der Waals surface area contributed by atoms with Crippen LogP contribution in [0.15, 0.2) is 47.5 Å². The van der Waals surface area contributed by atoms with Crippen LogP contribution in [-0.2, 0) is 0 Å². The highest BCUT2D eigenvalue weighted by atomic mass is 79.9. The van der Waals surface area contributed by atoms with Crippen molar-refractivity contribution < 1.29 is 4.79 Å². The van der Waals surface area contributed by atoms with Crippen LogP contribution in [0.25, 0.3) is 5.82 Å². The van der Waals surface area contributed by atoms with Crippen LogP contribution < -0.4 is 4.90 Å². The molecule has 0 spiro atoms. The van der Waals surface area contributed by atoms with Crippen LogP contribution in [0.2, 0.25) is 0 Å². The molecule has 27 heavy (non-hydrogen) atoms. The highest BCUT2D eigenvalue weighted by Crippen LogP contribution is 2.17. The van der Waals surface area contributed by atoms with Gasteiger partial charge in [-0.05, 0) is 41.1 Å². The van der Waals surface area contributed by atoms with E-state index < -0.39 is 0 Å². The van der Waals surface area contributed by atoms with Crippen LogP contribution in [-0.4, -0.2) is 61.7 Å². The van der Waals surface area contributed by atoms with Crippen LogP contribution in [0.4, 0.5) is 5.82 Å². The molecular weight excluding hydrogens is 410 g/mol. The number of imidazole rings is 1. The first-order chi connectivity index (χ1) is 13.1. The Morgan fingerprint density at radius 1 is 1.07 bits per heavy atom. The molecule has 1 aliphatic heterocycles. The summed E-state index contributed by atoms with van der Waals surface area (Å²) in [5.74, 6) is 2.42. The van der Waals surface area contributed by atoms with Gasteiger partial charge < -0.3 is 9.80 Å². The highest BCUT2D eigenvalue weighted by molar-refractivity contribution is 9.10. The molecule has 0 aromatic carbocycles. The summed E-state index contributed by atoms with van der Waals surface area (Å²) < 4.78 is 2.69. The largest absolute Gasteiger partial charge is 0.352 e. The Morgan fingerprint density at radius 2 is 1.81 bits per heavy atom. The summed E-state index contributed by atoms with van der Waals surface area (Å²) in [6, 6.07) is 5.68. The Bertz CT molecular complexity index is 948. The zero-order chi connectivity index (χ0) is 18.8. The second-order valence-electron chi connectivity index (χ2n) is 6.27.